The summed E-state index contributed by atoms with van der Waals surface area (Å²) in [7, 11) is 0. The highest BCUT2D eigenvalue weighted by Crippen LogP contribution is 2.32. The molecule has 0 saturated carbocycles. The molecule has 0 radical (unpaired) electrons. The van der Waals surface area contributed by atoms with E-state index in [-0.39, 0.29) is 11.8 Å². The first kappa shape index (κ1) is 18.7. The van der Waals surface area contributed by atoms with E-state index in [1.807, 2.05) is 73.7 Å². The number of ether oxygens (including phenoxy) is 1. The molecule has 29 heavy (non-hydrogen) atoms. The van der Waals surface area contributed by atoms with Crippen LogP contribution in [0.4, 0.5) is 5.69 Å². The lowest BCUT2D eigenvalue weighted by atomic mass is 10.0. The van der Waals surface area contributed by atoms with Crippen molar-refractivity contribution in [2.24, 2.45) is 0 Å². The zero-order valence-corrected chi connectivity index (χ0v) is 16.2. The molecule has 1 atom stereocenters. The first-order valence-corrected chi connectivity index (χ1v) is 9.65. The van der Waals surface area contributed by atoms with Crippen molar-refractivity contribution in [1.29, 1.82) is 0 Å². The Morgan fingerprint density at radius 2 is 1.69 bits per heavy atom. The Morgan fingerprint density at radius 3 is 2.38 bits per heavy atom. The van der Waals surface area contributed by atoms with E-state index in [1.165, 1.54) is 0 Å². The molecule has 0 bridgehead atoms. The first-order chi connectivity index (χ1) is 14.2. The number of hydrogen-bond donors (Lipinski definition) is 1. The molecule has 4 rings (SSSR count). The highest BCUT2D eigenvalue weighted by atomic mass is 16.5. The smallest absolute Gasteiger partial charge is 0.255 e. The van der Waals surface area contributed by atoms with E-state index in [0.29, 0.717) is 24.4 Å². The molecule has 1 aliphatic heterocycles. The second kappa shape index (κ2) is 8.19. The van der Waals surface area contributed by atoms with Crippen LogP contribution in [0.2, 0.25) is 0 Å². The summed E-state index contributed by atoms with van der Waals surface area (Å²) in [5.74, 6) is 0.369. The van der Waals surface area contributed by atoms with Gasteiger partial charge in [0.25, 0.3) is 11.8 Å². The highest BCUT2D eigenvalue weighted by Gasteiger charge is 2.37. The number of fused-ring (bicyclic) bond motifs is 1. The van der Waals surface area contributed by atoms with Crippen LogP contribution >= 0.6 is 0 Å². The van der Waals surface area contributed by atoms with Crippen LogP contribution in [0.25, 0.3) is 0 Å². The summed E-state index contributed by atoms with van der Waals surface area (Å²) in [5, 5.41) is 2.95. The molecule has 0 spiro atoms. The van der Waals surface area contributed by atoms with Gasteiger partial charge in [0.05, 0.1) is 6.61 Å². The molecule has 0 saturated heterocycles. The molecule has 5 heteroatoms. The molecule has 0 aromatic heterocycles. The van der Waals surface area contributed by atoms with Crippen molar-refractivity contribution in [1.82, 2.24) is 4.90 Å². The van der Waals surface area contributed by atoms with E-state index in [2.05, 4.69) is 5.32 Å². The van der Waals surface area contributed by atoms with E-state index >= 15 is 0 Å². The van der Waals surface area contributed by atoms with Crippen molar-refractivity contribution in [2.75, 3.05) is 11.9 Å². The number of carbonyl (C=O) groups excluding carboxylic acids is 2. The minimum atomic E-state index is -0.720. The Labute approximate surface area is 169 Å². The van der Waals surface area contributed by atoms with Gasteiger partial charge < -0.3 is 15.0 Å². The third-order valence-electron chi connectivity index (χ3n) is 4.96. The third-order valence-corrected chi connectivity index (χ3v) is 4.96. The van der Waals surface area contributed by atoms with Crippen molar-refractivity contribution in [2.45, 2.75) is 19.5 Å². The van der Waals surface area contributed by atoms with Gasteiger partial charge in [0.1, 0.15) is 11.8 Å². The summed E-state index contributed by atoms with van der Waals surface area (Å²) in [4.78, 5) is 27.9. The second-order valence-electron chi connectivity index (χ2n) is 6.85. The molecule has 2 amide bonds. The van der Waals surface area contributed by atoms with Crippen LogP contribution in [0.3, 0.4) is 0 Å². The first-order valence-electron chi connectivity index (χ1n) is 9.65. The zero-order chi connectivity index (χ0) is 20.2. The van der Waals surface area contributed by atoms with Gasteiger partial charge in [-0.1, -0.05) is 48.5 Å². The lowest BCUT2D eigenvalue weighted by molar-refractivity contribution is -0.120. The molecule has 0 fully saturated rings. The zero-order valence-electron chi connectivity index (χ0n) is 16.2. The average Bonchev–Trinajstić information content (AvgIpc) is 3.07. The number of nitrogens with zero attached hydrogens (tertiary/aromatic N) is 1. The molecule has 146 valence electrons. The van der Waals surface area contributed by atoms with E-state index < -0.39 is 6.04 Å². The molecule has 1 heterocycles. The van der Waals surface area contributed by atoms with Crippen LogP contribution in [0.5, 0.6) is 5.75 Å². The second-order valence-corrected chi connectivity index (χ2v) is 6.85. The van der Waals surface area contributed by atoms with E-state index in [0.717, 1.165) is 16.9 Å². The summed E-state index contributed by atoms with van der Waals surface area (Å²) in [6.45, 7) is 2.91. The van der Waals surface area contributed by atoms with Gasteiger partial charge in [0.2, 0.25) is 0 Å². The predicted molar refractivity (Wildman–Crippen MR) is 112 cm³/mol. The van der Waals surface area contributed by atoms with Gasteiger partial charge in [-0.25, -0.2) is 0 Å². The van der Waals surface area contributed by atoms with Gasteiger partial charge in [0, 0.05) is 17.8 Å². The van der Waals surface area contributed by atoms with Crippen LogP contribution in [0.1, 0.15) is 34.5 Å². The molecule has 0 aliphatic carbocycles. The summed E-state index contributed by atoms with van der Waals surface area (Å²) >= 11 is 0. The fourth-order valence-corrected chi connectivity index (χ4v) is 3.61. The maximum Gasteiger partial charge on any atom is 0.255 e. The molecule has 1 N–H and O–H groups in total. The van der Waals surface area contributed by atoms with Crippen LogP contribution < -0.4 is 10.1 Å². The van der Waals surface area contributed by atoms with Crippen LogP contribution in [-0.2, 0) is 11.3 Å². The molecular weight excluding hydrogens is 364 g/mol. The molecule has 3 aromatic carbocycles. The molecule has 5 nitrogen and oxygen atoms in total. The maximum atomic E-state index is 13.3. The highest BCUT2D eigenvalue weighted by molar-refractivity contribution is 6.03. The number of carbonyl (C=O) groups is 2. The quantitative estimate of drug-likeness (QED) is 0.682. The minimum absolute atomic E-state index is 0.128. The van der Waals surface area contributed by atoms with Gasteiger partial charge in [-0.3, -0.25) is 9.59 Å². The standard InChI is InChI=1S/C24H22N2O3/c1-2-29-20-14-12-19(13-15-20)25-23(27)22(17-8-4-3-5-9-17)26-16-18-10-6-7-11-21(18)24(26)28/h3-15,22H,2,16H2,1H3,(H,25,27)/t22-/m1/s1. The van der Waals surface area contributed by atoms with E-state index in [4.69, 9.17) is 4.74 Å². The normalized spacial score (nSPS) is 13.7. The number of rotatable bonds is 6. The summed E-state index contributed by atoms with van der Waals surface area (Å²) in [6.07, 6.45) is 0. The van der Waals surface area contributed by atoms with Gasteiger partial charge in [-0.15, -0.1) is 0 Å². The minimum Gasteiger partial charge on any atom is -0.494 e. The Hall–Kier alpha value is -3.60. The lowest BCUT2D eigenvalue weighted by Gasteiger charge is -2.27. The number of anilines is 1. The number of hydrogen-bond acceptors (Lipinski definition) is 3. The van der Waals surface area contributed by atoms with Gasteiger partial charge >= 0.3 is 0 Å². The summed E-state index contributed by atoms with van der Waals surface area (Å²) in [5.41, 5.74) is 3.02. The van der Waals surface area contributed by atoms with E-state index in [9.17, 15) is 9.59 Å². The lowest BCUT2D eigenvalue weighted by Crippen LogP contribution is -2.37. The summed E-state index contributed by atoms with van der Waals surface area (Å²) < 4.78 is 5.45. The fourth-order valence-electron chi connectivity index (χ4n) is 3.61. The third kappa shape index (κ3) is 3.85. The average molecular weight is 386 g/mol. The molecule has 1 aliphatic rings. The Kier molecular flexibility index (Phi) is 5.29. The van der Waals surface area contributed by atoms with Crippen molar-refractivity contribution in [3.8, 4) is 5.75 Å². The van der Waals surface area contributed by atoms with Crippen LogP contribution in [-0.4, -0.2) is 23.3 Å². The maximum absolute atomic E-state index is 13.3. The molecular formula is C24H22N2O3. The SMILES string of the molecule is CCOc1ccc(NC(=O)[C@@H](c2ccccc2)N2Cc3ccccc3C2=O)cc1. The van der Waals surface area contributed by atoms with E-state index in [1.54, 1.807) is 17.0 Å². The molecule has 3 aromatic rings. The number of nitrogens with one attached hydrogen (secondary N) is 1. The van der Waals surface area contributed by atoms with Gasteiger partial charge in [-0.05, 0) is 48.4 Å². The van der Waals surface area contributed by atoms with Crippen LogP contribution in [0.15, 0.2) is 78.9 Å². The van der Waals surface area contributed by atoms with Gasteiger partial charge in [0.15, 0.2) is 0 Å². The van der Waals surface area contributed by atoms with Gasteiger partial charge in [-0.2, -0.15) is 0 Å². The monoisotopic (exact) mass is 386 g/mol. The van der Waals surface area contributed by atoms with Crippen molar-refractivity contribution in [3.05, 3.63) is 95.6 Å². The summed E-state index contributed by atoms with van der Waals surface area (Å²) in [6, 6.07) is 23.4. The van der Waals surface area contributed by atoms with Crippen molar-refractivity contribution in [3.63, 3.8) is 0 Å². The largest absolute Gasteiger partial charge is 0.494 e. The number of amides is 2. The number of benzene rings is 3. The predicted octanol–water partition coefficient (Wildman–Crippen LogP) is 4.42. The Morgan fingerprint density at radius 1 is 1.00 bits per heavy atom. The van der Waals surface area contributed by atoms with Crippen LogP contribution in [0, 0.1) is 0 Å². The van der Waals surface area contributed by atoms with Crippen molar-refractivity contribution < 1.29 is 14.3 Å². The Balaban J connectivity index is 1.62. The molecule has 0 unspecified atom stereocenters. The topological polar surface area (TPSA) is 58.6 Å². The fraction of sp³-hybridized carbons (Fsp3) is 0.167. The van der Waals surface area contributed by atoms with Crippen molar-refractivity contribution >= 4 is 17.5 Å². The Bertz CT molecular complexity index is 1020.